The van der Waals surface area contributed by atoms with E-state index in [4.69, 9.17) is 39.5 Å². The van der Waals surface area contributed by atoms with E-state index in [1.54, 1.807) is 49.4 Å². The van der Waals surface area contributed by atoms with E-state index in [0.717, 1.165) is 4.31 Å². The van der Waals surface area contributed by atoms with Crippen molar-refractivity contribution >= 4 is 62.3 Å². The molecule has 0 bridgehead atoms. The van der Waals surface area contributed by atoms with E-state index >= 15 is 0 Å². The van der Waals surface area contributed by atoms with Gasteiger partial charge in [-0.25, -0.2) is 8.42 Å². The third-order valence-corrected chi connectivity index (χ3v) is 8.99. The van der Waals surface area contributed by atoms with Crippen LogP contribution < -0.4 is 14.4 Å². The molecule has 42 heavy (non-hydrogen) atoms. The Morgan fingerprint density at radius 1 is 0.952 bits per heavy atom. The lowest BCUT2D eigenvalue weighted by atomic mass is 10.1. The highest BCUT2D eigenvalue weighted by molar-refractivity contribution is 7.92. The first kappa shape index (κ1) is 33.5. The molecule has 0 spiro atoms. The summed E-state index contributed by atoms with van der Waals surface area (Å²) in [5.74, 6) is -0.810. The molecule has 0 radical (unpaired) electrons. The molecule has 3 aromatic carbocycles. The average molecular weight is 655 g/mol. The Morgan fingerprint density at radius 2 is 1.62 bits per heavy atom. The minimum Gasteiger partial charge on any atom is -0.495 e. The fourth-order valence-electron chi connectivity index (χ4n) is 4.30. The first-order valence-electron chi connectivity index (χ1n) is 13.1. The van der Waals surface area contributed by atoms with Gasteiger partial charge in [0.05, 0.1) is 27.7 Å². The van der Waals surface area contributed by atoms with E-state index in [-0.39, 0.29) is 45.3 Å². The van der Waals surface area contributed by atoms with Crippen LogP contribution in [-0.2, 0) is 26.2 Å². The van der Waals surface area contributed by atoms with Gasteiger partial charge in [-0.3, -0.25) is 13.9 Å². The molecule has 0 saturated carbocycles. The van der Waals surface area contributed by atoms with Crippen molar-refractivity contribution in [1.82, 2.24) is 10.2 Å². The Morgan fingerprint density at radius 3 is 2.19 bits per heavy atom. The van der Waals surface area contributed by atoms with Crippen molar-refractivity contribution in [3.63, 3.8) is 0 Å². The van der Waals surface area contributed by atoms with Gasteiger partial charge in [0, 0.05) is 17.1 Å². The van der Waals surface area contributed by atoms with Gasteiger partial charge >= 0.3 is 0 Å². The summed E-state index contributed by atoms with van der Waals surface area (Å²) in [5, 5.41) is 3.79. The van der Waals surface area contributed by atoms with Gasteiger partial charge in [0.1, 0.15) is 18.3 Å². The summed E-state index contributed by atoms with van der Waals surface area (Å²) in [5.41, 5.74) is 0.112. The van der Waals surface area contributed by atoms with E-state index in [1.807, 2.05) is 20.8 Å². The quantitative estimate of drug-likeness (QED) is 0.252. The van der Waals surface area contributed by atoms with Crippen molar-refractivity contribution in [2.24, 2.45) is 0 Å². The lowest BCUT2D eigenvalue weighted by molar-refractivity contribution is -0.141. The zero-order valence-electron chi connectivity index (χ0n) is 24.0. The molecule has 0 aromatic heterocycles. The van der Waals surface area contributed by atoms with Crippen molar-refractivity contribution in [3.05, 3.63) is 87.4 Å². The van der Waals surface area contributed by atoms with Crippen LogP contribution >= 0.6 is 34.8 Å². The van der Waals surface area contributed by atoms with Crippen LogP contribution in [0.2, 0.25) is 15.1 Å². The maximum absolute atomic E-state index is 14.2. The van der Waals surface area contributed by atoms with Gasteiger partial charge in [-0.2, -0.15) is 0 Å². The van der Waals surface area contributed by atoms with Crippen molar-refractivity contribution < 1.29 is 22.7 Å². The minimum atomic E-state index is -4.29. The molecule has 226 valence electrons. The largest absolute Gasteiger partial charge is 0.495 e. The van der Waals surface area contributed by atoms with Crippen LogP contribution in [0, 0.1) is 0 Å². The third-order valence-electron chi connectivity index (χ3n) is 6.24. The van der Waals surface area contributed by atoms with Crippen LogP contribution in [0.25, 0.3) is 0 Å². The van der Waals surface area contributed by atoms with Crippen LogP contribution in [0.5, 0.6) is 5.75 Å². The highest BCUT2D eigenvalue weighted by Crippen LogP contribution is 2.35. The molecule has 0 heterocycles. The fourth-order valence-corrected chi connectivity index (χ4v) is 6.22. The molecule has 0 unspecified atom stereocenters. The Hall–Kier alpha value is -2.98. The van der Waals surface area contributed by atoms with E-state index in [0.29, 0.717) is 10.6 Å². The number of sulfonamides is 1. The summed E-state index contributed by atoms with van der Waals surface area (Å²) in [7, 11) is -2.90. The van der Waals surface area contributed by atoms with Gasteiger partial charge in [0.15, 0.2) is 0 Å². The number of anilines is 1. The number of halogens is 3. The Balaban J connectivity index is 2.14. The first-order valence-corrected chi connectivity index (χ1v) is 15.7. The van der Waals surface area contributed by atoms with E-state index in [1.165, 1.54) is 36.3 Å². The number of amides is 2. The smallest absolute Gasteiger partial charge is 0.264 e. The number of carbonyl (C=O) groups excluding carboxylic acids is 2. The SMILES string of the molecule is CC[C@H](C(=O)NC(C)(C)C)N(Cc1ccc(Cl)c(Cl)c1)C(=O)CN(c1cc(Cl)ccc1OC)S(=O)(=O)c1ccccc1. The molecule has 0 saturated heterocycles. The molecular formula is C30H34Cl3N3O5S. The van der Waals surface area contributed by atoms with E-state index in [9.17, 15) is 18.0 Å². The zero-order chi connectivity index (χ0) is 31.2. The van der Waals surface area contributed by atoms with Crippen LogP contribution in [0.15, 0.2) is 71.6 Å². The number of carbonyl (C=O) groups is 2. The second-order valence-corrected chi connectivity index (χ2v) is 13.7. The predicted octanol–water partition coefficient (Wildman–Crippen LogP) is 6.57. The van der Waals surface area contributed by atoms with Crippen LogP contribution in [0.4, 0.5) is 5.69 Å². The monoisotopic (exact) mass is 653 g/mol. The normalized spacial score (nSPS) is 12.4. The van der Waals surface area contributed by atoms with Gasteiger partial charge in [-0.05, 0) is 75.2 Å². The molecule has 12 heteroatoms. The number of hydrogen-bond acceptors (Lipinski definition) is 5. The number of rotatable bonds is 11. The molecule has 0 aliphatic heterocycles. The standard InChI is InChI=1S/C30H34Cl3N3O5S/c1-6-25(29(38)34-30(2,3)4)35(18-20-12-14-23(32)24(33)16-20)28(37)19-36(26-17-21(31)13-15-27(26)41-5)42(39,40)22-10-8-7-9-11-22/h7-17,25H,6,18-19H2,1-5H3,(H,34,38)/t25-/m1/s1. The first-order chi connectivity index (χ1) is 19.7. The molecule has 8 nitrogen and oxygen atoms in total. The highest BCUT2D eigenvalue weighted by Gasteiger charge is 2.35. The van der Waals surface area contributed by atoms with Crippen molar-refractivity contribution in [1.29, 1.82) is 0 Å². The zero-order valence-corrected chi connectivity index (χ0v) is 27.1. The molecule has 0 aliphatic rings. The lowest BCUT2D eigenvalue weighted by Gasteiger charge is -2.35. The Bertz CT molecular complexity index is 1530. The van der Waals surface area contributed by atoms with Crippen LogP contribution in [0.1, 0.15) is 39.7 Å². The molecule has 3 rings (SSSR count). The number of nitrogens with one attached hydrogen (secondary N) is 1. The van der Waals surface area contributed by atoms with Crippen LogP contribution in [-0.4, -0.2) is 50.4 Å². The number of hydrogen-bond donors (Lipinski definition) is 1. The van der Waals surface area contributed by atoms with E-state index in [2.05, 4.69) is 5.32 Å². The summed E-state index contributed by atoms with van der Waals surface area (Å²) in [6, 6.07) is 16.2. The van der Waals surface area contributed by atoms with Gasteiger partial charge < -0.3 is 15.0 Å². The van der Waals surface area contributed by atoms with Gasteiger partial charge in [-0.15, -0.1) is 0 Å². The van der Waals surface area contributed by atoms with Crippen molar-refractivity contribution in [2.75, 3.05) is 18.0 Å². The fraction of sp³-hybridized carbons (Fsp3) is 0.333. The topological polar surface area (TPSA) is 96.0 Å². The predicted molar refractivity (Wildman–Crippen MR) is 168 cm³/mol. The van der Waals surface area contributed by atoms with Crippen molar-refractivity contribution in [3.8, 4) is 5.75 Å². The van der Waals surface area contributed by atoms with Gasteiger partial charge in [0.2, 0.25) is 11.8 Å². The molecule has 0 aliphatic carbocycles. The summed E-state index contributed by atoms with van der Waals surface area (Å²) in [6.07, 6.45) is 0.265. The Kier molecular flexibility index (Phi) is 11.2. The summed E-state index contributed by atoms with van der Waals surface area (Å²) < 4.78 is 34.4. The minimum absolute atomic E-state index is 0.0301. The molecule has 1 atom stereocenters. The second kappa shape index (κ2) is 14.0. The average Bonchev–Trinajstić information content (AvgIpc) is 2.92. The summed E-state index contributed by atoms with van der Waals surface area (Å²) >= 11 is 18.6. The third kappa shape index (κ3) is 8.31. The van der Waals surface area contributed by atoms with E-state index < -0.39 is 34.1 Å². The number of nitrogens with zero attached hydrogens (tertiary/aromatic N) is 2. The summed E-state index contributed by atoms with van der Waals surface area (Å²) in [4.78, 5) is 29.0. The van der Waals surface area contributed by atoms with Gasteiger partial charge in [0.25, 0.3) is 10.0 Å². The Labute approximate surface area is 262 Å². The van der Waals surface area contributed by atoms with Crippen LogP contribution in [0.3, 0.4) is 0 Å². The van der Waals surface area contributed by atoms with Crippen molar-refractivity contribution in [2.45, 2.75) is 57.1 Å². The lowest BCUT2D eigenvalue weighted by Crippen LogP contribution is -2.55. The molecule has 2 amide bonds. The molecule has 0 fully saturated rings. The number of benzene rings is 3. The maximum atomic E-state index is 14.2. The highest BCUT2D eigenvalue weighted by atomic mass is 35.5. The number of ether oxygens (including phenoxy) is 1. The molecule has 3 aromatic rings. The molecular weight excluding hydrogens is 621 g/mol. The number of methoxy groups -OCH3 is 1. The summed E-state index contributed by atoms with van der Waals surface area (Å²) in [6.45, 7) is 6.61. The second-order valence-electron chi connectivity index (χ2n) is 10.6. The molecule has 1 N–H and O–H groups in total. The van der Waals surface area contributed by atoms with Gasteiger partial charge in [-0.1, -0.05) is 66.0 Å². The maximum Gasteiger partial charge on any atom is 0.264 e.